The van der Waals surface area contributed by atoms with Crippen LogP contribution in [0.3, 0.4) is 0 Å². The lowest BCUT2D eigenvalue weighted by Crippen LogP contribution is -2.01. The number of benzene rings is 4. The average molecular weight is 643 g/mol. The van der Waals surface area contributed by atoms with Gasteiger partial charge in [-0.15, -0.1) is 0 Å². The second kappa shape index (κ2) is 14.6. The zero-order valence-electron chi connectivity index (χ0n) is 28.8. The lowest BCUT2D eigenvalue weighted by Gasteiger charge is -2.20. The Bertz CT molecular complexity index is 1840. The van der Waals surface area contributed by atoms with Crippen molar-refractivity contribution < 1.29 is 27.1 Å². The van der Waals surface area contributed by atoms with E-state index in [1.165, 1.54) is 11.1 Å². The van der Waals surface area contributed by atoms with Gasteiger partial charge in [-0.1, -0.05) is 38.8 Å². The number of aryl methyl sites for hydroxylation is 6. The Hall–Kier alpha value is -4.02. The number of methoxy groups -OCH3 is 3. The van der Waals surface area contributed by atoms with Crippen LogP contribution in [-0.2, 0) is 12.8 Å². The second-order valence-corrected chi connectivity index (χ2v) is 13.1. The minimum Gasteiger partial charge on any atom is -0.497 e. The summed E-state index contributed by atoms with van der Waals surface area (Å²) in [7, 11) is 3.22. The fourth-order valence-corrected chi connectivity index (χ4v) is 7.50. The van der Waals surface area contributed by atoms with E-state index >= 15 is 0 Å². The Labute approximate surface area is 274 Å². The first kappa shape index (κ1) is 33.3. The summed E-state index contributed by atoms with van der Waals surface area (Å²) < 4.78 is 38.3. The summed E-state index contributed by atoms with van der Waals surface area (Å²) >= 11 is 0. The van der Waals surface area contributed by atoms with Crippen molar-refractivity contribution in [3.63, 3.8) is 0 Å². The van der Waals surface area contributed by atoms with E-state index in [1.807, 2.05) is 12.1 Å². The molecule has 5 aromatic rings. The summed E-state index contributed by atoms with van der Waals surface area (Å²) in [6.45, 7) is 12.8. The molecule has 0 fully saturated rings. The molecular formula is C39H47O6P. The Morgan fingerprint density at radius 3 is 1.46 bits per heavy atom. The number of ether oxygens (including phenoxy) is 3. The maximum Gasteiger partial charge on any atom is 0.453 e. The first-order valence-corrected chi connectivity index (χ1v) is 17.3. The molecule has 0 aliphatic rings. The van der Waals surface area contributed by atoms with Crippen LogP contribution in [0.5, 0.6) is 23.0 Å². The summed E-state index contributed by atoms with van der Waals surface area (Å²) in [5.41, 5.74) is 9.82. The smallest absolute Gasteiger partial charge is 0.453 e. The monoisotopic (exact) mass is 642 g/mol. The zero-order chi connectivity index (χ0) is 33.0. The quantitative estimate of drug-likeness (QED) is 0.135. The fourth-order valence-electron chi connectivity index (χ4n) is 6.24. The highest BCUT2D eigenvalue weighted by Crippen LogP contribution is 2.49. The number of rotatable bonds is 12. The molecule has 7 heteroatoms. The summed E-state index contributed by atoms with van der Waals surface area (Å²) in [6.07, 6.45) is 5.81. The van der Waals surface area contributed by atoms with Gasteiger partial charge in [0.05, 0.1) is 21.3 Å². The summed E-state index contributed by atoms with van der Waals surface area (Å²) in [4.78, 5) is 0. The molecule has 1 aromatic heterocycles. The predicted octanol–water partition coefficient (Wildman–Crippen LogP) is 11.7. The van der Waals surface area contributed by atoms with Gasteiger partial charge in [0, 0.05) is 21.9 Å². The van der Waals surface area contributed by atoms with Crippen molar-refractivity contribution in [2.75, 3.05) is 21.3 Å². The third kappa shape index (κ3) is 6.88. The van der Waals surface area contributed by atoms with Crippen LogP contribution in [0.4, 0.5) is 0 Å². The Morgan fingerprint density at radius 2 is 1.02 bits per heavy atom. The van der Waals surface area contributed by atoms with E-state index in [-0.39, 0.29) is 0 Å². The van der Waals surface area contributed by atoms with Gasteiger partial charge in [-0.3, -0.25) is 0 Å². The normalized spacial score (nSPS) is 11.2. The molecule has 0 saturated carbocycles. The molecule has 4 aromatic carbocycles. The molecule has 46 heavy (non-hydrogen) atoms. The molecule has 6 nitrogen and oxygen atoms in total. The molecule has 0 amide bonds. The van der Waals surface area contributed by atoms with Crippen LogP contribution in [0.2, 0.25) is 0 Å². The Kier molecular flexibility index (Phi) is 10.6. The van der Waals surface area contributed by atoms with Crippen molar-refractivity contribution >= 4 is 30.2 Å². The van der Waals surface area contributed by atoms with Gasteiger partial charge in [0.2, 0.25) is 0 Å². The molecule has 0 aliphatic heterocycles. The molecule has 0 atom stereocenters. The predicted molar refractivity (Wildman–Crippen MR) is 190 cm³/mol. The number of fused-ring (bicyclic) bond motifs is 3. The minimum absolute atomic E-state index is 0.702. The van der Waals surface area contributed by atoms with Crippen molar-refractivity contribution in [1.82, 2.24) is 0 Å². The van der Waals surface area contributed by atoms with E-state index in [4.69, 9.17) is 27.1 Å². The van der Waals surface area contributed by atoms with E-state index in [9.17, 15) is 0 Å². The van der Waals surface area contributed by atoms with E-state index in [1.54, 1.807) is 21.3 Å². The second-order valence-electron chi connectivity index (χ2n) is 12.2. The topological polar surface area (TPSA) is 63.2 Å². The molecule has 0 N–H and O–H groups in total. The van der Waals surface area contributed by atoms with Crippen molar-refractivity contribution in [2.24, 2.45) is 0 Å². The van der Waals surface area contributed by atoms with Gasteiger partial charge in [0.15, 0.2) is 0 Å². The van der Waals surface area contributed by atoms with Crippen LogP contribution in [0.15, 0.2) is 56.9 Å². The highest BCUT2D eigenvalue weighted by Gasteiger charge is 2.23. The lowest BCUT2D eigenvalue weighted by molar-refractivity contribution is 0.399. The molecule has 0 bridgehead atoms. The van der Waals surface area contributed by atoms with Gasteiger partial charge in [-0.25, -0.2) is 0 Å². The van der Waals surface area contributed by atoms with E-state index in [0.29, 0.717) is 5.75 Å². The molecule has 0 saturated heterocycles. The standard InChI is InChI=1S/C39H47O6P/c1-10-12-14-28-20-30(40-7)22-34(38(28)42-9)35-23-31(41-8)21-29(15-13-11-2)39(35)45-46-43-36-26(5)16-24(3)18-32(36)33-19-25(4)17-27(6)37(33)44-46/h16-23H,10-15H2,1-9H3. The number of hydrogen-bond donors (Lipinski definition) is 0. The van der Waals surface area contributed by atoms with Gasteiger partial charge in [0.1, 0.15) is 34.2 Å². The number of unbranched alkanes of at least 4 members (excludes halogenated alkanes) is 2. The molecule has 5 rings (SSSR count). The van der Waals surface area contributed by atoms with Crippen LogP contribution >= 0.6 is 8.24 Å². The van der Waals surface area contributed by atoms with Gasteiger partial charge < -0.3 is 27.1 Å². The minimum atomic E-state index is -1.91. The average Bonchev–Trinajstić information content (AvgIpc) is 3.19. The van der Waals surface area contributed by atoms with Crippen LogP contribution in [-0.4, -0.2) is 21.3 Å². The summed E-state index contributed by atoms with van der Waals surface area (Å²) in [6, 6.07) is 16.8. The van der Waals surface area contributed by atoms with Crippen molar-refractivity contribution in [1.29, 1.82) is 0 Å². The first-order chi connectivity index (χ1) is 22.2. The van der Waals surface area contributed by atoms with Crippen molar-refractivity contribution in [3.8, 4) is 34.1 Å². The van der Waals surface area contributed by atoms with E-state index in [0.717, 1.165) is 111 Å². The largest absolute Gasteiger partial charge is 0.497 e. The third-order valence-corrected chi connectivity index (χ3v) is 9.46. The van der Waals surface area contributed by atoms with Gasteiger partial charge in [-0.05, 0) is 123 Å². The van der Waals surface area contributed by atoms with E-state index in [2.05, 4.69) is 77.9 Å². The van der Waals surface area contributed by atoms with Gasteiger partial charge in [0.25, 0.3) is 0 Å². The molecule has 244 valence electrons. The number of hydrogen-bond acceptors (Lipinski definition) is 6. The van der Waals surface area contributed by atoms with Gasteiger partial charge in [-0.2, -0.15) is 0 Å². The molecule has 0 aliphatic carbocycles. The first-order valence-electron chi connectivity index (χ1n) is 16.2. The summed E-state index contributed by atoms with van der Waals surface area (Å²) in [5, 5.41) is 2.04. The summed E-state index contributed by atoms with van der Waals surface area (Å²) in [5.74, 6) is 3.01. The van der Waals surface area contributed by atoms with Crippen LogP contribution in [0.25, 0.3) is 33.1 Å². The van der Waals surface area contributed by atoms with Crippen LogP contribution < -0.4 is 18.7 Å². The van der Waals surface area contributed by atoms with Crippen molar-refractivity contribution in [3.05, 3.63) is 81.9 Å². The fraction of sp³-hybridized carbons (Fsp3) is 0.385. The van der Waals surface area contributed by atoms with Gasteiger partial charge >= 0.3 is 8.24 Å². The molecular weight excluding hydrogens is 595 g/mol. The molecule has 0 unspecified atom stereocenters. The SMILES string of the molecule is CCCCc1cc(OC)cc(-c2cc(OC)cc(CCCC)c2Op2oc3c(C)cc(C)cc3c3cc(C)cc(C)c3o2)c1OC. The maximum atomic E-state index is 7.00. The zero-order valence-corrected chi connectivity index (χ0v) is 29.7. The highest BCUT2D eigenvalue weighted by atomic mass is 31.1. The Morgan fingerprint density at radius 1 is 0.565 bits per heavy atom. The van der Waals surface area contributed by atoms with E-state index < -0.39 is 8.24 Å². The third-order valence-electron chi connectivity index (χ3n) is 8.47. The van der Waals surface area contributed by atoms with Crippen LogP contribution in [0, 0.1) is 27.7 Å². The Balaban J connectivity index is 1.85. The highest BCUT2D eigenvalue weighted by molar-refractivity contribution is 7.32. The lowest BCUT2D eigenvalue weighted by atomic mass is 9.94. The molecule has 0 radical (unpaired) electrons. The molecule has 0 spiro atoms. The maximum absolute atomic E-state index is 7.00. The van der Waals surface area contributed by atoms with Crippen molar-refractivity contribution in [2.45, 2.75) is 80.1 Å². The van der Waals surface area contributed by atoms with Crippen LogP contribution in [0.1, 0.15) is 72.9 Å². The molecule has 1 heterocycles.